The van der Waals surface area contributed by atoms with Gasteiger partial charge in [0.05, 0.1) is 26.0 Å². The van der Waals surface area contributed by atoms with Gasteiger partial charge in [0, 0.05) is 32.7 Å². The number of nitrogens with zero attached hydrogens (tertiary/aromatic N) is 2. The van der Waals surface area contributed by atoms with Gasteiger partial charge in [-0.05, 0) is 6.42 Å². The molecule has 1 aromatic rings. The van der Waals surface area contributed by atoms with Crippen LogP contribution < -0.4 is 10.6 Å². The smallest absolute Gasteiger partial charge is 0.213 e. The second-order valence-corrected chi connectivity index (χ2v) is 6.18. The maximum absolute atomic E-state index is 5.74. The summed E-state index contributed by atoms with van der Waals surface area (Å²) < 4.78 is 16.1. The molecule has 0 bridgehead atoms. The predicted octanol–water partition coefficient (Wildman–Crippen LogP) is 1.69. The molecule has 0 aliphatic carbocycles. The van der Waals surface area contributed by atoms with Crippen LogP contribution in [0.1, 0.15) is 38.8 Å². The lowest BCUT2D eigenvalue weighted by molar-refractivity contribution is 0.0698. The minimum absolute atomic E-state index is 0.0337. The summed E-state index contributed by atoms with van der Waals surface area (Å²) in [4.78, 5) is 8.45. The van der Waals surface area contributed by atoms with Gasteiger partial charge in [0.15, 0.2) is 5.96 Å². The Labute approximate surface area is 138 Å². The van der Waals surface area contributed by atoms with Crippen molar-refractivity contribution in [3.8, 4) is 0 Å². The quantitative estimate of drug-likeness (QED) is 0.408. The fourth-order valence-electron chi connectivity index (χ4n) is 1.74. The molecule has 0 fully saturated rings. The van der Waals surface area contributed by atoms with E-state index in [0.29, 0.717) is 32.3 Å². The van der Waals surface area contributed by atoms with Gasteiger partial charge >= 0.3 is 0 Å². The normalized spacial score (nSPS) is 12.5. The van der Waals surface area contributed by atoms with Crippen molar-refractivity contribution in [2.75, 3.05) is 40.5 Å². The summed E-state index contributed by atoms with van der Waals surface area (Å²) in [5.41, 5.74) is -0.0337. The number of ether oxygens (including phenoxy) is 2. The van der Waals surface area contributed by atoms with Crippen molar-refractivity contribution in [1.29, 1.82) is 0 Å². The van der Waals surface area contributed by atoms with E-state index in [2.05, 4.69) is 41.4 Å². The van der Waals surface area contributed by atoms with Crippen molar-refractivity contribution in [2.24, 2.45) is 4.99 Å². The van der Waals surface area contributed by atoms with Gasteiger partial charge in [-0.2, -0.15) is 0 Å². The molecule has 1 aromatic heterocycles. The van der Waals surface area contributed by atoms with Gasteiger partial charge in [-0.25, -0.2) is 4.98 Å². The van der Waals surface area contributed by atoms with E-state index in [1.54, 1.807) is 20.4 Å². The van der Waals surface area contributed by atoms with E-state index < -0.39 is 0 Å². The Balaban J connectivity index is 2.23. The van der Waals surface area contributed by atoms with Crippen LogP contribution in [0.15, 0.2) is 15.6 Å². The Kier molecular flexibility index (Phi) is 8.65. The van der Waals surface area contributed by atoms with E-state index in [1.807, 2.05) is 0 Å². The van der Waals surface area contributed by atoms with Crippen molar-refractivity contribution in [2.45, 2.75) is 39.2 Å². The molecule has 0 unspecified atom stereocenters. The van der Waals surface area contributed by atoms with E-state index in [-0.39, 0.29) is 5.41 Å². The van der Waals surface area contributed by atoms with Crippen LogP contribution in [0.3, 0.4) is 0 Å². The summed E-state index contributed by atoms with van der Waals surface area (Å²) in [5.74, 6) is 2.25. The van der Waals surface area contributed by atoms with Gasteiger partial charge in [0.1, 0.15) is 5.76 Å². The third-order valence-corrected chi connectivity index (χ3v) is 3.11. The lowest BCUT2D eigenvalue weighted by atomic mass is 9.94. The molecule has 132 valence electrons. The summed E-state index contributed by atoms with van der Waals surface area (Å²) >= 11 is 0. The van der Waals surface area contributed by atoms with Crippen LogP contribution in [0, 0.1) is 0 Å². The Hall–Kier alpha value is -1.60. The van der Waals surface area contributed by atoms with E-state index in [9.17, 15) is 0 Å². The topological polar surface area (TPSA) is 80.9 Å². The molecule has 0 radical (unpaired) electrons. The van der Waals surface area contributed by atoms with Crippen molar-refractivity contribution in [1.82, 2.24) is 15.6 Å². The number of nitrogens with one attached hydrogen (secondary N) is 2. The maximum atomic E-state index is 5.74. The number of hydrogen-bond donors (Lipinski definition) is 2. The molecule has 1 heterocycles. The molecule has 0 aromatic carbocycles. The van der Waals surface area contributed by atoms with Crippen molar-refractivity contribution in [3.05, 3.63) is 17.8 Å². The Bertz CT molecular complexity index is 466. The molecular formula is C16H30N4O3. The highest BCUT2D eigenvalue weighted by atomic mass is 16.5. The molecule has 0 aliphatic rings. The third-order valence-electron chi connectivity index (χ3n) is 3.11. The first-order valence-corrected chi connectivity index (χ1v) is 7.93. The number of guanidine groups is 1. The lowest BCUT2D eigenvalue weighted by Gasteiger charge is -2.13. The third kappa shape index (κ3) is 7.99. The fourth-order valence-corrected chi connectivity index (χ4v) is 1.74. The summed E-state index contributed by atoms with van der Waals surface area (Å²) in [5, 5.41) is 6.41. The van der Waals surface area contributed by atoms with Crippen LogP contribution in [-0.2, 0) is 21.4 Å². The van der Waals surface area contributed by atoms with Crippen LogP contribution in [-0.4, -0.2) is 51.5 Å². The summed E-state index contributed by atoms with van der Waals surface area (Å²) in [6, 6.07) is 0. The highest BCUT2D eigenvalue weighted by Crippen LogP contribution is 2.22. The molecule has 0 saturated carbocycles. The highest BCUT2D eigenvalue weighted by molar-refractivity contribution is 5.79. The molecule has 1 rings (SSSR count). The molecule has 0 aliphatic heterocycles. The summed E-state index contributed by atoms with van der Waals surface area (Å²) in [7, 11) is 3.40. The molecule has 0 amide bonds. The Morgan fingerprint density at radius 1 is 1.26 bits per heavy atom. The van der Waals surface area contributed by atoms with Crippen LogP contribution >= 0.6 is 0 Å². The molecule has 7 heteroatoms. The van der Waals surface area contributed by atoms with Gasteiger partial charge in [0.25, 0.3) is 0 Å². The zero-order valence-corrected chi connectivity index (χ0v) is 14.9. The van der Waals surface area contributed by atoms with E-state index in [0.717, 1.165) is 24.7 Å². The zero-order chi connectivity index (χ0) is 17.1. The molecule has 0 spiro atoms. The number of oxazole rings is 1. The second-order valence-electron chi connectivity index (χ2n) is 6.18. The first-order valence-electron chi connectivity index (χ1n) is 7.93. The van der Waals surface area contributed by atoms with Crippen LogP contribution in [0.2, 0.25) is 0 Å². The maximum Gasteiger partial charge on any atom is 0.213 e. The number of aromatic nitrogens is 1. The molecule has 23 heavy (non-hydrogen) atoms. The first-order chi connectivity index (χ1) is 11.0. The molecular weight excluding hydrogens is 296 g/mol. The molecule has 0 saturated heterocycles. The Morgan fingerprint density at radius 2 is 2.04 bits per heavy atom. The highest BCUT2D eigenvalue weighted by Gasteiger charge is 2.19. The molecule has 7 nitrogen and oxygen atoms in total. The van der Waals surface area contributed by atoms with Crippen molar-refractivity contribution < 1.29 is 13.9 Å². The molecule has 0 atom stereocenters. The van der Waals surface area contributed by atoms with E-state index in [1.165, 1.54) is 0 Å². The SMILES string of the molecule is CN=C(NCCCOCCOC)NCc1ncc(C(C)(C)C)o1. The first kappa shape index (κ1) is 19.4. The van der Waals surface area contributed by atoms with Crippen molar-refractivity contribution >= 4 is 5.96 Å². The van der Waals surface area contributed by atoms with Crippen LogP contribution in [0.25, 0.3) is 0 Å². The lowest BCUT2D eigenvalue weighted by Crippen LogP contribution is -2.37. The van der Waals surface area contributed by atoms with E-state index in [4.69, 9.17) is 13.9 Å². The fraction of sp³-hybridized carbons (Fsp3) is 0.750. The minimum atomic E-state index is -0.0337. The average Bonchev–Trinajstić information content (AvgIpc) is 2.98. The van der Waals surface area contributed by atoms with Gasteiger partial charge < -0.3 is 24.5 Å². The average molecular weight is 326 g/mol. The summed E-state index contributed by atoms with van der Waals surface area (Å²) in [6.07, 6.45) is 2.68. The van der Waals surface area contributed by atoms with Crippen LogP contribution in [0.4, 0.5) is 0 Å². The zero-order valence-electron chi connectivity index (χ0n) is 14.9. The van der Waals surface area contributed by atoms with Gasteiger partial charge in [-0.15, -0.1) is 0 Å². The van der Waals surface area contributed by atoms with Crippen molar-refractivity contribution in [3.63, 3.8) is 0 Å². The molecule has 2 N–H and O–H groups in total. The number of rotatable bonds is 9. The second kappa shape index (κ2) is 10.2. The summed E-state index contributed by atoms with van der Waals surface area (Å²) in [6.45, 7) is 9.53. The number of methoxy groups -OCH3 is 1. The number of aliphatic imine (C=N–C) groups is 1. The monoisotopic (exact) mass is 326 g/mol. The van der Waals surface area contributed by atoms with Gasteiger partial charge in [-0.1, -0.05) is 20.8 Å². The van der Waals surface area contributed by atoms with Gasteiger partial charge in [0.2, 0.25) is 5.89 Å². The van der Waals surface area contributed by atoms with Crippen LogP contribution in [0.5, 0.6) is 0 Å². The van der Waals surface area contributed by atoms with E-state index >= 15 is 0 Å². The standard InChI is InChI=1S/C16H30N4O3/c1-16(2,3)13-11-19-14(23-13)12-20-15(17-4)18-7-6-8-22-10-9-21-5/h11H,6-10,12H2,1-5H3,(H2,17,18,20). The minimum Gasteiger partial charge on any atom is -0.443 e. The Morgan fingerprint density at radius 3 is 2.65 bits per heavy atom. The predicted molar refractivity (Wildman–Crippen MR) is 90.7 cm³/mol. The van der Waals surface area contributed by atoms with Gasteiger partial charge in [-0.3, -0.25) is 4.99 Å². The largest absolute Gasteiger partial charge is 0.443 e. The number of hydrogen-bond acceptors (Lipinski definition) is 5.